The number of likely N-dealkylation sites (N-methyl/N-ethyl adjacent to an activating group) is 1. The van der Waals surface area contributed by atoms with Crippen LogP contribution in [0, 0.1) is 6.92 Å². The summed E-state index contributed by atoms with van der Waals surface area (Å²) in [6.07, 6.45) is 0. The summed E-state index contributed by atoms with van der Waals surface area (Å²) in [7, 11) is -2.20. The van der Waals surface area contributed by atoms with Crippen LogP contribution in [0.4, 0.5) is 5.69 Å². The minimum atomic E-state index is -3.75. The highest BCUT2D eigenvalue weighted by molar-refractivity contribution is 7.92. The zero-order valence-electron chi connectivity index (χ0n) is 16.6. The van der Waals surface area contributed by atoms with E-state index < -0.39 is 10.0 Å². The maximum atomic E-state index is 12.6. The SMILES string of the molecule is CCN(CC)C(=O)COc1ccc(S(=O)(=O)Nc2ccc(OC)cc2)cc1C. The van der Waals surface area contributed by atoms with Gasteiger partial charge in [0, 0.05) is 18.8 Å². The maximum absolute atomic E-state index is 12.6. The van der Waals surface area contributed by atoms with E-state index in [2.05, 4.69) is 4.72 Å². The second kappa shape index (κ2) is 9.45. The number of sulfonamides is 1. The molecule has 0 radical (unpaired) electrons. The number of carbonyl (C=O) groups excluding carboxylic acids is 1. The molecule has 0 aliphatic rings. The molecule has 0 saturated carbocycles. The minimum Gasteiger partial charge on any atom is -0.497 e. The lowest BCUT2D eigenvalue weighted by atomic mass is 10.2. The average molecular weight is 407 g/mol. The smallest absolute Gasteiger partial charge is 0.261 e. The Kier molecular flexibility index (Phi) is 7.28. The van der Waals surface area contributed by atoms with Crippen molar-refractivity contribution in [3.8, 4) is 11.5 Å². The van der Waals surface area contributed by atoms with Gasteiger partial charge >= 0.3 is 0 Å². The third-order valence-electron chi connectivity index (χ3n) is 4.27. The lowest BCUT2D eigenvalue weighted by Gasteiger charge is -2.19. The molecule has 0 saturated heterocycles. The van der Waals surface area contributed by atoms with E-state index in [1.807, 2.05) is 13.8 Å². The highest BCUT2D eigenvalue weighted by atomic mass is 32.2. The van der Waals surface area contributed by atoms with E-state index in [1.165, 1.54) is 12.1 Å². The highest BCUT2D eigenvalue weighted by Crippen LogP contribution is 2.24. The van der Waals surface area contributed by atoms with Gasteiger partial charge in [-0.2, -0.15) is 0 Å². The molecule has 0 atom stereocenters. The molecule has 0 aromatic heterocycles. The van der Waals surface area contributed by atoms with Crippen molar-refractivity contribution in [2.45, 2.75) is 25.7 Å². The fourth-order valence-corrected chi connectivity index (χ4v) is 3.77. The van der Waals surface area contributed by atoms with Crippen molar-refractivity contribution in [2.75, 3.05) is 31.5 Å². The number of benzene rings is 2. The van der Waals surface area contributed by atoms with Crippen LogP contribution in [0.3, 0.4) is 0 Å². The average Bonchev–Trinajstić information content (AvgIpc) is 2.68. The van der Waals surface area contributed by atoms with E-state index >= 15 is 0 Å². The molecule has 152 valence electrons. The molecule has 2 rings (SSSR count). The van der Waals surface area contributed by atoms with Crippen LogP contribution < -0.4 is 14.2 Å². The number of hydrogen-bond donors (Lipinski definition) is 1. The normalized spacial score (nSPS) is 11.0. The Hall–Kier alpha value is -2.74. The van der Waals surface area contributed by atoms with Gasteiger partial charge in [-0.3, -0.25) is 9.52 Å². The van der Waals surface area contributed by atoms with E-state index in [4.69, 9.17) is 9.47 Å². The Morgan fingerprint density at radius 1 is 1.07 bits per heavy atom. The van der Waals surface area contributed by atoms with E-state index in [0.29, 0.717) is 35.8 Å². The molecule has 1 amide bonds. The topological polar surface area (TPSA) is 84.9 Å². The van der Waals surface area contributed by atoms with Crippen LogP contribution >= 0.6 is 0 Å². The van der Waals surface area contributed by atoms with E-state index in [9.17, 15) is 13.2 Å². The first-order valence-corrected chi connectivity index (χ1v) is 10.5. The molecule has 0 fully saturated rings. The Morgan fingerprint density at radius 2 is 1.71 bits per heavy atom. The van der Waals surface area contributed by atoms with E-state index in [0.717, 1.165) is 0 Å². The summed E-state index contributed by atoms with van der Waals surface area (Å²) in [5.41, 5.74) is 1.06. The Balaban J connectivity index is 2.10. The number of anilines is 1. The Bertz CT molecular complexity index is 907. The summed E-state index contributed by atoms with van der Waals surface area (Å²) in [6.45, 7) is 6.70. The number of hydrogen-bond acceptors (Lipinski definition) is 5. The second-order valence-corrected chi connectivity index (χ2v) is 7.80. The van der Waals surface area contributed by atoms with E-state index in [1.54, 1.807) is 49.3 Å². The summed E-state index contributed by atoms with van der Waals surface area (Å²) in [6, 6.07) is 11.1. The van der Waals surface area contributed by atoms with Gasteiger partial charge in [-0.05, 0) is 68.8 Å². The molecular formula is C20H26N2O5S. The molecule has 8 heteroatoms. The first-order chi connectivity index (χ1) is 13.3. The predicted octanol–water partition coefficient (Wildman–Crippen LogP) is 3.05. The van der Waals surface area contributed by atoms with Crippen molar-refractivity contribution in [1.82, 2.24) is 4.90 Å². The molecule has 1 N–H and O–H groups in total. The third-order valence-corrected chi connectivity index (χ3v) is 5.65. The lowest BCUT2D eigenvalue weighted by molar-refractivity contribution is -0.132. The fraction of sp³-hybridized carbons (Fsp3) is 0.350. The quantitative estimate of drug-likeness (QED) is 0.692. The van der Waals surface area contributed by atoms with Gasteiger partial charge in [0.05, 0.1) is 12.0 Å². The van der Waals surface area contributed by atoms with Crippen LogP contribution in [0.15, 0.2) is 47.4 Å². The standard InChI is InChI=1S/C20H26N2O5S/c1-5-22(6-2)20(23)14-27-19-12-11-18(13-15(19)3)28(24,25)21-16-7-9-17(26-4)10-8-16/h7-13,21H,5-6,14H2,1-4H3. The number of nitrogens with zero attached hydrogens (tertiary/aromatic N) is 1. The summed E-state index contributed by atoms with van der Waals surface area (Å²) >= 11 is 0. The molecular weight excluding hydrogens is 380 g/mol. The van der Waals surface area contributed by atoms with Crippen LogP contribution in [-0.4, -0.2) is 46.0 Å². The van der Waals surface area contributed by atoms with Crippen molar-refractivity contribution in [1.29, 1.82) is 0 Å². The Labute approximate surface area is 166 Å². The van der Waals surface area contributed by atoms with Crippen LogP contribution in [0.1, 0.15) is 19.4 Å². The monoisotopic (exact) mass is 406 g/mol. The van der Waals surface area contributed by atoms with Gasteiger partial charge < -0.3 is 14.4 Å². The number of methoxy groups -OCH3 is 1. The van der Waals surface area contributed by atoms with Crippen molar-refractivity contribution < 1.29 is 22.7 Å². The summed E-state index contributed by atoms with van der Waals surface area (Å²) in [5, 5.41) is 0. The molecule has 2 aromatic rings. The van der Waals surface area contributed by atoms with E-state index in [-0.39, 0.29) is 17.4 Å². The number of aryl methyl sites for hydroxylation is 1. The van der Waals surface area contributed by atoms with Gasteiger partial charge in [-0.15, -0.1) is 0 Å². The highest BCUT2D eigenvalue weighted by Gasteiger charge is 2.17. The largest absolute Gasteiger partial charge is 0.497 e. The van der Waals surface area contributed by atoms with Crippen molar-refractivity contribution in [3.63, 3.8) is 0 Å². The molecule has 0 heterocycles. The lowest BCUT2D eigenvalue weighted by Crippen LogP contribution is -2.34. The van der Waals surface area contributed by atoms with Gasteiger partial charge in [-0.25, -0.2) is 8.42 Å². The van der Waals surface area contributed by atoms with Crippen molar-refractivity contribution >= 4 is 21.6 Å². The Morgan fingerprint density at radius 3 is 2.25 bits per heavy atom. The number of rotatable bonds is 9. The second-order valence-electron chi connectivity index (χ2n) is 6.12. The van der Waals surface area contributed by atoms with Crippen LogP contribution in [0.5, 0.6) is 11.5 Å². The van der Waals surface area contributed by atoms with Gasteiger partial charge in [0.25, 0.3) is 15.9 Å². The molecule has 0 bridgehead atoms. The molecule has 0 aliphatic carbocycles. The number of ether oxygens (including phenoxy) is 2. The van der Waals surface area contributed by atoms with Gasteiger partial charge in [0.2, 0.25) is 0 Å². The predicted molar refractivity (Wildman–Crippen MR) is 108 cm³/mol. The molecule has 0 spiro atoms. The number of carbonyl (C=O) groups is 1. The number of nitrogens with one attached hydrogen (secondary N) is 1. The summed E-state index contributed by atoms with van der Waals surface area (Å²) < 4.78 is 38.4. The summed E-state index contributed by atoms with van der Waals surface area (Å²) in [4.78, 5) is 13.8. The molecule has 7 nitrogen and oxygen atoms in total. The van der Waals surface area contributed by atoms with Crippen LogP contribution in [0.25, 0.3) is 0 Å². The van der Waals surface area contributed by atoms with Crippen LogP contribution in [-0.2, 0) is 14.8 Å². The zero-order valence-corrected chi connectivity index (χ0v) is 17.4. The minimum absolute atomic E-state index is 0.0846. The fourth-order valence-electron chi connectivity index (χ4n) is 2.63. The third kappa shape index (κ3) is 5.39. The first kappa shape index (κ1) is 21.6. The first-order valence-electron chi connectivity index (χ1n) is 8.98. The van der Waals surface area contributed by atoms with Gasteiger partial charge in [0.1, 0.15) is 11.5 Å². The van der Waals surface area contributed by atoms with Crippen molar-refractivity contribution in [2.24, 2.45) is 0 Å². The zero-order chi connectivity index (χ0) is 20.7. The maximum Gasteiger partial charge on any atom is 0.261 e. The molecule has 2 aromatic carbocycles. The summed E-state index contributed by atoms with van der Waals surface area (Å²) in [5.74, 6) is 1.01. The molecule has 28 heavy (non-hydrogen) atoms. The van der Waals surface area contributed by atoms with Gasteiger partial charge in [-0.1, -0.05) is 0 Å². The van der Waals surface area contributed by atoms with Crippen molar-refractivity contribution in [3.05, 3.63) is 48.0 Å². The van der Waals surface area contributed by atoms with Crippen LogP contribution in [0.2, 0.25) is 0 Å². The van der Waals surface area contributed by atoms with Gasteiger partial charge in [0.15, 0.2) is 6.61 Å². The molecule has 0 aliphatic heterocycles. The molecule has 0 unspecified atom stereocenters. The number of amides is 1.